The van der Waals surface area contributed by atoms with Crippen LogP contribution in [0.5, 0.6) is 0 Å². The first kappa shape index (κ1) is 12.0. The summed E-state index contributed by atoms with van der Waals surface area (Å²) in [5, 5.41) is 1.19. The third kappa shape index (κ3) is 2.81. The largest absolute Gasteiger partial charge is 0.329 e. The first-order valence-corrected chi connectivity index (χ1v) is 5.94. The van der Waals surface area contributed by atoms with Gasteiger partial charge in [0.15, 0.2) is 0 Å². The van der Waals surface area contributed by atoms with Gasteiger partial charge in [0.25, 0.3) is 0 Å². The van der Waals surface area contributed by atoms with E-state index in [-0.39, 0.29) is 0 Å². The Labute approximate surface area is 102 Å². The van der Waals surface area contributed by atoms with Crippen molar-refractivity contribution in [3.05, 3.63) is 42.1 Å². The number of likely N-dealkylation sites (N-methyl/N-ethyl adjacent to an activating group) is 1. The Morgan fingerprint density at radius 3 is 2.94 bits per heavy atom. The van der Waals surface area contributed by atoms with Crippen LogP contribution in [-0.4, -0.2) is 29.5 Å². The van der Waals surface area contributed by atoms with Gasteiger partial charge in [0.2, 0.25) is 0 Å². The first-order chi connectivity index (χ1) is 8.20. The molecule has 0 saturated heterocycles. The van der Waals surface area contributed by atoms with E-state index >= 15 is 0 Å². The van der Waals surface area contributed by atoms with E-state index in [1.807, 2.05) is 12.3 Å². The Morgan fingerprint density at radius 1 is 1.35 bits per heavy atom. The summed E-state index contributed by atoms with van der Waals surface area (Å²) in [5.41, 5.74) is 8.01. The Morgan fingerprint density at radius 2 is 2.18 bits per heavy atom. The quantitative estimate of drug-likeness (QED) is 0.872. The molecule has 0 spiro atoms. The molecule has 17 heavy (non-hydrogen) atoms. The molecule has 1 aromatic carbocycles. The average Bonchev–Trinajstić information content (AvgIpc) is 2.37. The Bertz CT molecular complexity index is 496. The molecule has 0 amide bonds. The van der Waals surface area contributed by atoms with Gasteiger partial charge in [-0.3, -0.25) is 9.88 Å². The maximum Gasteiger partial charge on any atom is 0.0702 e. The first-order valence-electron chi connectivity index (χ1n) is 5.94. The second-order valence-corrected chi connectivity index (χ2v) is 4.53. The number of nitrogens with two attached hydrogens (primary N) is 1. The smallest absolute Gasteiger partial charge is 0.0702 e. The zero-order chi connectivity index (χ0) is 12.3. The third-order valence-electron chi connectivity index (χ3n) is 3.19. The third-order valence-corrected chi connectivity index (χ3v) is 3.19. The second-order valence-electron chi connectivity index (χ2n) is 4.53. The molecule has 3 nitrogen and oxygen atoms in total. The van der Waals surface area contributed by atoms with Crippen molar-refractivity contribution in [2.45, 2.75) is 19.5 Å². The Balaban J connectivity index is 2.19. The number of rotatable bonds is 4. The van der Waals surface area contributed by atoms with E-state index in [1.54, 1.807) is 0 Å². The minimum Gasteiger partial charge on any atom is -0.329 e. The van der Waals surface area contributed by atoms with Crippen molar-refractivity contribution in [3.8, 4) is 0 Å². The molecule has 1 atom stereocenters. The van der Waals surface area contributed by atoms with E-state index in [1.165, 1.54) is 10.9 Å². The average molecular weight is 229 g/mol. The summed E-state index contributed by atoms with van der Waals surface area (Å²) < 4.78 is 0. The van der Waals surface area contributed by atoms with Crippen LogP contribution >= 0.6 is 0 Å². The molecule has 0 saturated carbocycles. The lowest BCUT2D eigenvalue weighted by Gasteiger charge is -2.23. The molecule has 2 rings (SSSR count). The van der Waals surface area contributed by atoms with Crippen molar-refractivity contribution in [1.82, 2.24) is 9.88 Å². The van der Waals surface area contributed by atoms with E-state index in [0.717, 1.165) is 12.1 Å². The van der Waals surface area contributed by atoms with E-state index in [4.69, 9.17) is 5.73 Å². The molecule has 90 valence electrons. The lowest BCUT2D eigenvalue weighted by Crippen LogP contribution is -2.34. The predicted octanol–water partition coefficient (Wildman–Crippen LogP) is 2.01. The Kier molecular flexibility index (Phi) is 3.71. The molecule has 1 heterocycles. The summed E-state index contributed by atoms with van der Waals surface area (Å²) in [6.45, 7) is 3.75. The molecule has 3 heteroatoms. The summed E-state index contributed by atoms with van der Waals surface area (Å²) in [7, 11) is 2.10. The zero-order valence-corrected chi connectivity index (χ0v) is 10.4. The fraction of sp³-hybridized carbons (Fsp3) is 0.357. The number of nitrogens with zero attached hydrogens (tertiary/aromatic N) is 2. The molecule has 1 unspecified atom stereocenters. The summed E-state index contributed by atoms with van der Waals surface area (Å²) in [5.74, 6) is 0. The van der Waals surface area contributed by atoms with Crippen molar-refractivity contribution in [2.75, 3.05) is 13.6 Å². The highest BCUT2D eigenvalue weighted by Crippen LogP contribution is 2.15. The fourth-order valence-electron chi connectivity index (χ4n) is 1.85. The van der Waals surface area contributed by atoms with Gasteiger partial charge in [-0.25, -0.2) is 0 Å². The SMILES string of the molecule is CC(CN)N(C)Cc1ccc2ncccc2c1. The van der Waals surface area contributed by atoms with Gasteiger partial charge in [0.1, 0.15) is 0 Å². The number of benzene rings is 1. The number of hydrogen-bond acceptors (Lipinski definition) is 3. The van der Waals surface area contributed by atoms with Gasteiger partial charge in [-0.05, 0) is 37.7 Å². The molecule has 2 N–H and O–H groups in total. The zero-order valence-electron chi connectivity index (χ0n) is 10.4. The van der Waals surface area contributed by atoms with Crippen LogP contribution in [0.2, 0.25) is 0 Å². The molecule has 0 fully saturated rings. The van der Waals surface area contributed by atoms with Gasteiger partial charge in [-0.1, -0.05) is 12.1 Å². The monoisotopic (exact) mass is 229 g/mol. The normalized spacial score (nSPS) is 13.2. The van der Waals surface area contributed by atoms with Crippen molar-refractivity contribution in [2.24, 2.45) is 5.73 Å². The van der Waals surface area contributed by atoms with Crippen LogP contribution in [0.15, 0.2) is 36.5 Å². The standard InChI is InChI=1S/C14H19N3/c1-11(9-15)17(2)10-12-5-6-14-13(8-12)4-3-7-16-14/h3-8,11H,9-10,15H2,1-2H3. The predicted molar refractivity (Wildman–Crippen MR) is 71.7 cm³/mol. The van der Waals surface area contributed by atoms with Crippen LogP contribution in [-0.2, 0) is 6.54 Å². The maximum absolute atomic E-state index is 5.67. The van der Waals surface area contributed by atoms with Crippen molar-refractivity contribution < 1.29 is 0 Å². The molecule has 0 aliphatic carbocycles. The maximum atomic E-state index is 5.67. The second kappa shape index (κ2) is 5.25. The van der Waals surface area contributed by atoms with Crippen molar-refractivity contribution in [1.29, 1.82) is 0 Å². The highest BCUT2D eigenvalue weighted by Gasteiger charge is 2.07. The topological polar surface area (TPSA) is 42.1 Å². The van der Waals surface area contributed by atoms with Crippen LogP contribution in [0.1, 0.15) is 12.5 Å². The summed E-state index contributed by atoms with van der Waals surface area (Å²) in [6, 6.07) is 10.9. The van der Waals surface area contributed by atoms with Crippen LogP contribution in [0, 0.1) is 0 Å². The van der Waals surface area contributed by atoms with Gasteiger partial charge in [-0.2, -0.15) is 0 Å². The number of hydrogen-bond donors (Lipinski definition) is 1. The number of pyridine rings is 1. The molecule has 0 aliphatic heterocycles. The summed E-state index contributed by atoms with van der Waals surface area (Å²) in [4.78, 5) is 6.58. The van der Waals surface area contributed by atoms with Gasteiger partial charge in [-0.15, -0.1) is 0 Å². The summed E-state index contributed by atoms with van der Waals surface area (Å²) >= 11 is 0. The molecular weight excluding hydrogens is 210 g/mol. The summed E-state index contributed by atoms with van der Waals surface area (Å²) in [6.07, 6.45) is 1.82. The number of aromatic nitrogens is 1. The minimum atomic E-state index is 0.402. The van der Waals surface area contributed by atoms with E-state index in [2.05, 4.69) is 48.1 Å². The highest BCUT2D eigenvalue weighted by molar-refractivity contribution is 5.78. The fourth-order valence-corrected chi connectivity index (χ4v) is 1.85. The van der Waals surface area contributed by atoms with Crippen LogP contribution in [0.4, 0.5) is 0 Å². The van der Waals surface area contributed by atoms with Gasteiger partial charge in [0.05, 0.1) is 5.52 Å². The molecular formula is C14H19N3. The van der Waals surface area contributed by atoms with Crippen LogP contribution in [0.25, 0.3) is 10.9 Å². The van der Waals surface area contributed by atoms with Gasteiger partial charge >= 0.3 is 0 Å². The van der Waals surface area contributed by atoms with E-state index in [0.29, 0.717) is 12.6 Å². The van der Waals surface area contributed by atoms with Crippen LogP contribution < -0.4 is 5.73 Å². The minimum absolute atomic E-state index is 0.402. The van der Waals surface area contributed by atoms with Gasteiger partial charge in [0, 0.05) is 30.7 Å². The van der Waals surface area contributed by atoms with Crippen LogP contribution in [0.3, 0.4) is 0 Å². The molecule has 2 aromatic rings. The number of fused-ring (bicyclic) bond motifs is 1. The van der Waals surface area contributed by atoms with Crippen molar-refractivity contribution in [3.63, 3.8) is 0 Å². The molecule has 0 radical (unpaired) electrons. The lowest BCUT2D eigenvalue weighted by atomic mass is 10.1. The van der Waals surface area contributed by atoms with Gasteiger partial charge < -0.3 is 5.73 Å². The van der Waals surface area contributed by atoms with Crippen molar-refractivity contribution >= 4 is 10.9 Å². The highest BCUT2D eigenvalue weighted by atomic mass is 15.1. The molecule has 0 bridgehead atoms. The van der Waals surface area contributed by atoms with E-state index in [9.17, 15) is 0 Å². The Hall–Kier alpha value is -1.45. The lowest BCUT2D eigenvalue weighted by molar-refractivity contribution is 0.255. The van der Waals surface area contributed by atoms with E-state index < -0.39 is 0 Å². The molecule has 0 aliphatic rings. The molecule has 1 aromatic heterocycles.